The normalized spacial score (nSPS) is 12.2. The summed E-state index contributed by atoms with van der Waals surface area (Å²) in [6, 6.07) is 17.7. The summed E-state index contributed by atoms with van der Waals surface area (Å²) in [5, 5.41) is 13.4. The summed E-state index contributed by atoms with van der Waals surface area (Å²) < 4.78 is 7.13. The molecule has 1 unspecified atom stereocenters. The maximum absolute atomic E-state index is 12.6. The van der Waals surface area contributed by atoms with Crippen molar-refractivity contribution in [1.29, 1.82) is 0 Å². The second-order valence-electron chi connectivity index (χ2n) is 6.46. The summed E-state index contributed by atoms with van der Waals surface area (Å²) >= 11 is 0. The van der Waals surface area contributed by atoms with Gasteiger partial charge in [0, 0.05) is 6.20 Å². The summed E-state index contributed by atoms with van der Waals surface area (Å²) in [6.45, 7) is 2.24. The number of methoxy groups -OCH3 is 1. The highest BCUT2D eigenvalue weighted by atomic mass is 16.5. The van der Waals surface area contributed by atoms with Gasteiger partial charge in [0.1, 0.15) is 5.75 Å². The van der Waals surface area contributed by atoms with Gasteiger partial charge in [0.25, 0.3) is 0 Å². The Hall–Kier alpha value is -3.41. The van der Waals surface area contributed by atoms with Crippen molar-refractivity contribution in [3.05, 3.63) is 72.2 Å². The van der Waals surface area contributed by atoms with Gasteiger partial charge < -0.3 is 10.1 Å². The topological polar surface area (TPSA) is 68.5 Å². The number of fused-ring (bicyclic) bond motifs is 2. The third kappa shape index (κ3) is 3.33. The van der Waals surface area contributed by atoms with Crippen LogP contribution >= 0.6 is 0 Å². The standard InChI is InChI=1S/C21H20N4O2/c1-14(15-6-7-17-12-18(27-2)9-8-16(17)11-15)21(26)22-13-20-24-23-19-5-3-4-10-25(19)20/h3-12,14H,13H2,1-2H3,(H,22,26). The van der Waals surface area contributed by atoms with E-state index in [-0.39, 0.29) is 11.8 Å². The Balaban J connectivity index is 1.49. The second kappa shape index (κ2) is 7.07. The lowest BCUT2D eigenvalue weighted by Crippen LogP contribution is -2.28. The van der Waals surface area contributed by atoms with Crippen LogP contribution in [0, 0.1) is 0 Å². The lowest BCUT2D eigenvalue weighted by molar-refractivity contribution is -0.122. The van der Waals surface area contributed by atoms with Crippen molar-refractivity contribution >= 4 is 22.3 Å². The maximum atomic E-state index is 12.6. The minimum atomic E-state index is -0.268. The van der Waals surface area contributed by atoms with Crippen LogP contribution in [0.1, 0.15) is 24.2 Å². The number of amides is 1. The number of hydrogen-bond acceptors (Lipinski definition) is 4. The van der Waals surface area contributed by atoms with E-state index in [1.807, 2.05) is 72.1 Å². The van der Waals surface area contributed by atoms with Crippen molar-refractivity contribution < 1.29 is 9.53 Å². The van der Waals surface area contributed by atoms with Crippen molar-refractivity contribution in [2.24, 2.45) is 0 Å². The van der Waals surface area contributed by atoms with Crippen LogP contribution in [0.4, 0.5) is 0 Å². The number of rotatable bonds is 5. The molecule has 6 nitrogen and oxygen atoms in total. The number of carbonyl (C=O) groups excluding carboxylic acids is 1. The number of aromatic nitrogens is 3. The van der Waals surface area contributed by atoms with Gasteiger partial charge in [-0.2, -0.15) is 0 Å². The highest BCUT2D eigenvalue weighted by Crippen LogP contribution is 2.25. The zero-order valence-electron chi connectivity index (χ0n) is 15.2. The van der Waals surface area contributed by atoms with E-state index in [0.29, 0.717) is 12.4 Å². The Labute approximate surface area is 156 Å². The van der Waals surface area contributed by atoms with Crippen molar-refractivity contribution in [2.75, 3.05) is 7.11 Å². The van der Waals surface area contributed by atoms with Crippen molar-refractivity contribution in [3.8, 4) is 5.75 Å². The van der Waals surface area contributed by atoms with Crippen LogP contribution in [-0.2, 0) is 11.3 Å². The Kier molecular flexibility index (Phi) is 4.46. The molecule has 0 radical (unpaired) electrons. The lowest BCUT2D eigenvalue weighted by Gasteiger charge is -2.13. The fraction of sp³-hybridized carbons (Fsp3) is 0.190. The number of nitrogens with zero attached hydrogens (tertiary/aromatic N) is 3. The molecule has 0 saturated heterocycles. The molecule has 0 bridgehead atoms. The molecular weight excluding hydrogens is 340 g/mol. The molecule has 4 aromatic rings. The molecule has 0 aliphatic carbocycles. The molecule has 1 N–H and O–H groups in total. The molecule has 2 heterocycles. The van der Waals surface area contributed by atoms with Gasteiger partial charge in [0.15, 0.2) is 11.5 Å². The number of carbonyl (C=O) groups is 1. The van der Waals surface area contributed by atoms with Gasteiger partial charge in [-0.1, -0.05) is 30.3 Å². The quantitative estimate of drug-likeness (QED) is 0.593. The summed E-state index contributed by atoms with van der Waals surface area (Å²) in [5.41, 5.74) is 1.73. The van der Waals surface area contributed by atoms with Crippen molar-refractivity contribution in [1.82, 2.24) is 19.9 Å². The summed E-state index contributed by atoms with van der Waals surface area (Å²) in [7, 11) is 1.65. The van der Waals surface area contributed by atoms with Crippen LogP contribution < -0.4 is 10.1 Å². The average Bonchev–Trinajstić information content (AvgIpc) is 3.13. The molecule has 0 aliphatic rings. The Bertz CT molecular complexity index is 1120. The molecule has 0 fully saturated rings. The van der Waals surface area contributed by atoms with E-state index in [9.17, 15) is 4.79 Å². The minimum Gasteiger partial charge on any atom is -0.497 e. The number of pyridine rings is 1. The smallest absolute Gasteiger partial charge is 0.227 e. The van der Waals surface area contributed by atoms with Gasteiger partial charge >= 0.3 is 0 Å². The van der Waals surface area contributed by atoms with E-state index < -0.39 is 0 Å². The van der Waals surface area contributed by atoms with Crippen molar-refractivity contribution in [2.45, 2.75) is 19.4 Å². The van der Waals surface area contributed by atoms with E-state index >= 15 is 0 Å². The third-order valence-corrected chi connectivity index (χ3v) is 4.77. The molecule has 136 valence electrons. The van der Waals surface area contributed by atoms with E-state index in [1.165, 1.54) is 0 Å². The van der Waals surface area contributed by atoms with E-state index in [1.54, 1.807) is 7.11 Å². The highest BCUT2D eigenvalue weighted by molar-refractivity contribution is 5.88. The van der Waals surface area contributed by atoms with Gasteiger partial charge in [-0.15, -0.1) is 10.2 Å². The lowest BCUT2D eigenvalue weighted by atomic mass is 9.97. The molecule has 1 atom stereocenters. The first kappa shape index (κ1) is 17.0. The van der Waals surface area contributed by atoms with Crippen LogP contribution in [0.2, 0.25) is 0 Å². The predicted molar refractivity (Wildman–Crippen MR) is 104 cm³/mol. The first-order chi connectivity index (χ1) is 13.2. The second-order valence-corrected chi connectivity index (χ2v) is 6.46. The van der Waals surface area contributed by atoms with Gasteiger partial charge in [-0.3, -0.25) is 9.20 Å². The monoisotopic (exact) mass is 360 g/mol. The molecule has 0 spiro atoms. The van der Waals surface area contributed by atoms with Crippen LogP contribution in [0.25, 0.3) is 16.4 Å². The number of benzene rings is 2. The van der Waals surface area contributed by atoms with Gasteiger partial charge in [-0.05, 0) is 47.5 Å². The minimum absolute atomic E-state index is 0.0458. The van der Waals surface area contributed by atoms with Gasteiger partial charge in [-0.25, -0.2) is 0 Å². The van der Waals surface area contributed by atoms with Gasteiger partial charge in [0.05, 0.1) is 19.6 Å². The molecule has 2 aromatic heterocycles. The van der Waals surface area contributed by atoms with Crippen LogP contribution in [0.5, 0.6) is 5.75 Å². The van der Waals surface area contributed by atoms with Crippen LogP contribution in [-0.4, -0.2) is 27.6 Å². The molecule has 4 rings (SSSR count). The Morgan fingerprint density at radius 3 is 2.78 bits per heavy atom. The van der Waals surface area contributed by atoms with E-state index in [0.717, 1.165) is 27.7 Å². The van der Waals surface area contributed by atoms with Crippen LogP contribution in [0.15, 0.2) is 60.8 Å². The first-order valence-electron chi connectivity index (χ1n) is 8.80. The molecule has 2 aromatic carbocycles. The SMILES string of the molecule is COc1ccc2cc(C(C)C(=O)NCc3nnc4ccccn34)ccc2c1. The Morgan fingerprint density at radius 1 is 1.11 bits per heavy atom. The zero-order valence-corrected chi connectivity index (χ0v) is 15.2. The summed E-state index contributed by atoms with van der Waals surface area (Å²) in [4.78, 5) is 12.6. The fourth-order valence-electron chi connectivity index (χ4n) is 3.12. The number of nitrogens with one attached hydrogen (secondary N) is 1. The number of ether oxygens (including phenoxy) is 1. The molecule has 0 saturated carbocycles. The summed E-state index contributed by atoms with van der Waals surface area (Å²) in [5.74, 6) is 1.21. The zero-order chi connectivity index (χ0) is 18.8. The summed E-state index contributed by atoms with van der Waals surface area (Å²) in [6.07, 6.45) is 1.89. The molecule has 27 heavy (non-hydrogen) atoms. The van der Waals surface area contributed by atoms with Crippen molar-refractivity contribution in [3.63, 3.8) is 0 Å². The van der Waals surface area contributed by atoms with Crippen LogP contribution in [0.3, 0.4) is 0 Å². The largest absolute Gasteiger partial charge is 0.497 e. The highest BCUT2D eigenvalue weighted by Gasteiger charge is 2.16. The van der Waals surface area contributed by atoms with E-state index in [2.05, 4.69) is 15.5 Å². The molecule has 1 amide bonds. The molecule has 0 aliphatic heterocycles. The first-order valence-corrected chi connectivity index (χ1v) is 8.80. The molecular formula is C21H20N4O2. The maximum Gasteiger partial charge on any atom is 0.227 e. The van der Waals surface area contributed by atoms with E-state index in [4.69, 9.17) is 4.74 Å². The fourth-order valence-corrected chi connectivity index (χ4v) is 3.12. The number of hydrogen-bond donors (Lipinski definition) is 1. The third-order valence-electron chi connectivity index (χ3n) is 4.77. The molecule has 6 heteroatoms. The average molecular weight is 360 g/mol. The predicted octanol–water partition coefficient (Wildman–Crippen LogP) is 3.31. The van der Waals surface area contributed by atoms with Gasteiger partial charge in [0.2, 0.25) is 5.91 Å². The Morgan fingerprint density at radius 2 is 1.93 bits per heavy atom.